The van der Waals surface area contributed by atoms with Crippen molar-refractivity contribution in [1.82, 2.24) is 10.2 Å². The summed E-state index contributed by atoms with van der Waals surface area (Å²) in [6, 6.07) is 12.2. The minimum absolute atomic E-state index is 0.243. The average molecular weight is 274 g/mol. The Kier molecular flexibility index (Phi) is 5.22. The fourth-order valence-corrected chi connectivity index (χ4v) is 3.23. The van der Waals surface area contributed by atoms with Crippen LogP contribution < -0.4 is 5.32 Å². The Hall–Kier alpha value is -0.860. The molecule has 1 aliphatic heterocycles. The topological polar surface area (TPSA) is 15.3 Å². The number of aryl methyl sites for hydroxylation is 1. The predicted molar refractivity (Wildman–Crippen MR) is 87.1 cm³/mol. The van der Waals surface area contributed by atoms with Crippen molar-refractivity contribution in [3.8, 4) is 0 Å². The van der Waals surface area contributed by atoms with Crippen LogP contribution in [0.2, 0.25) is 0 Å². The molecule has 2 unspecified atom stereocenters. The smallest absolute Gasteiger partial charge is 0.0253 e. The highest BCUT2D eigenvalue weighted by molar-refractivity contribution is 5.14. The van der Waals surface area contributed by atoms with E-state index in [0.717, 1.165) is 13.1 Å². The summed E-state index contributed by atoms with van der Waals surface area (Å²) in [6.07, 6.45) is 3.66. The van der Waals surface area contributed by atoms with E-state index in [2.05, 4.69) is 68.2 Å². The van der Waals surface area contributed by atoms with Gasteiger partial charge in [-0.3, -0.25) is 4.90 Å². The van der Waals surface area contributed by atoms with Gasteiger partial charge in [-0.15, -0.1) is 0 Å². The summed E-state index contributed by atoms with van der Waals surface area (Å²) in [6.45, 7) is 11.6. The van der Waals surface area contributed by atoms with E-state index in [1.54, 1.807) is 0 Å². The van der Waals surface area contributed by atoms with E-state index < -0.39 is 0 Å². The number of piperazine rings is 1. The van der Waals surface area contributed by atoms with E-state index in [-0.39, 0.29) is 5.54 Å². The van der Waals surface area contributed by atoms with Crippen molar-refractivity contribution in [3.05, 3.63) is 35.9 Å². The standard InChI is InChI=1S/C18H30N2/c1-5-17-13-19-18(3,4)14-20(17)15(2)11-12-16-9-7-6-8-10-16/h6-10,15,17,19H,5,11-14H2,1-4H3. The number of hydrogen-bond acceptors (Lipinski definition) is 2. The van der Waals surface area contributed by atoms with Gasteiger partial charge in [-0.2, -0.15) is 0 Å². The van der Waals surface area contributed by atoms with Crippen LogP contribution in [0.1, 0.15) is 46.1 Å². The Morgan fingerprint density at radius 1 is 1.30 bits per heavy atom. The highest BCUT2D eigenvalue weighted by Gasteiger charge is 2.33. The zero-order valence-electron chi connectivity index (χ0n) is 13.5. The third-order valence-corrected chi connectivity index (χ3v) is 4.59. The number of rotatable bonds is 5. The normalized spacial score (nSPS) is 24.5. The first-order chi connectivity index (χ1) is 9.52. The molecule has 0 saturated carbocycles. The van der Waals surface area contributed by atoms with Gasteiger partial charge >= 0.3 is 0 Å². The van der Waals surface area contributed by atoms with Crippen molar-refractivity contribution in [1.29, 1.82) is 0 Å². The van der Waals surface area contributed by atoms with Crippen molar-refractivity contribution in [2.24, 2.45) is 0 Å². The van der Waals surface area contributed by atoms with Crippen molar-refractivity contribution in [2.75, 3.05) is 13.1 Å². The first kappa shape index (κ1) is 15.5. The Morgan fingerprint density at radius 3 is 2.65 bits per heavy atom. The molecule has 1 aliphatic rings. The van der Waals surface area contributed by atoms with Gasteiger partial charge < -0.3 is 5.32 Å². The second-order valence-electron chi connectivity index (χ2n) is 6.87. The molecule has 1 aromatic rings. The van der Waals surface area contributed by atoms with Crippen molar-refractivity contribution < 1.29 is 0 Å². The molecule has 1 saturated heterocycles. The quantitative estimate of drug-likeness (QED) is 0.884. The van der Waals surface area contributed by atoms with Crippen LogP contribution in [0.3, 0.4) is 0 Å². The second-order valence-corrected chi connectivity index (χ2v) is 6.87. The van der Waals surface area contributed by atoms with Gasteiger partial charge in [0.1, 0.15) is 0 Å². The molecular formula is C18H30N2. The molecule has 112 valence electrons. The van der Waals surface area contributed by atoms with Gasteiger partial charge in [0.2, 0.25) is 0 Å². The van der Waals surface area contributed by atoms with Crippen LogP contribution in [0.15, 0.2) is 30.3 Å². The van der Waals surface area contributed by atoms with Crippen LogP contribution in [-0.4, -0.2) is 35.6 Å². The maximum Gasteiger partial charge on any atom is 0.0253 e. The van der Waals surface area contributed by atoms with Crippen LogP contribution >= 0.6 is 0 Å². The summed E-state index contributed by atoms with van der Waals surface area (Å²) in [4.78, 5) is 2.72. The van der Waals surface area contributed by atoms with Gasteiger partial charge in [-0.25, -0.2) is 0 Å². The second kappa shape index (κ2) is 6.73. The van der Waals surface area contributed by atoms with Crippen LogP contribution in [0.4, 0.5) is 0 Å². The molecule has 1 heterocycles. The third-order valence-electron chi connectivity index (χ3n) is 4.59. The summed E-state index contributed by atoms with van der Waals surface area (Å²) in [7, 11) is 0. The molecule has 0 bridgehead atoms. The highest BCUT2D eigenvalue weighted by atomic mass is 15.3. The average Bonchev–Trinajstić information content (AvgIpc) is 2.45. The van der Waals surface area contributed by atoms with E-state index in [4.69, 9.17) is 0 Å². The Bertz CT molecular complexity index is 399. The van der Waals surface area contributed by atoms with Crippen LogP contribution in [0.25, 0.3) is 0 Å². The van der Waals surface area contributed by atoms with Crippen LogP contribution in [-0.2, 0) is 6.42 Å². The molecule has 0 radical (unpaired) electrons. The zero-order chi connectivity index (χ0) is 14.6. The first-order valence-electron chi connectivity index (χ1n) is 8.06. The number of nitrogens with zero attached hydrogens (tertiary/aromatic N) is 1. The maximum atomic E-state index is 3.68. The minimum Gasteiger partial charge on any atom is -0.309 e. The molecule has 1 fully saturated rings. The zero-order valence-corrected chi connectivity index (χ0v) is 13.5. The SMILES string of the molecule is CCC1CNC(C)(C)CN1C(C)CCc1ccccc1. The van der Waals surface area contributed by atoms with E-state index in [1.165, 1.54) is 24.8 Å². The highest BCUT2D eigenvalue weighted by Crippen LogP contribution is 2.22. The van der Waals surface area contributed by atoms with Gasteiger partial charge in [0.15, 0.2) is 0 Å². The molecule has 1 aromatic carbocycles. The molecule has 1 N–H and O–H groups in total. The fourth-order valence-electron chi connectivity index (χ4n) is 3.23. The predicted octanol–water partition coefficient (Wildman–Crippen LogP) is 3.47. The fraction of sp³-hybridized carbons (Fsp3) is 0.667. The van der Waals surface area contributed by atoms with Gasteiger partial charge in [0.05, 0.1) is 0 Å². The van der Waals surface area contributed by atoms with Gasteiger partial charge in [-0.1, -0.05) is 37.3 Å². The monoisotopic (exact) mass is 274 g/mol. The summed E-state index contributed by atoms with van der Waals surface area (Å²) >= 11 is 0. The molecule has 20 heavy (non-hydrogen) atoms. The Labute approximate surface area is 124 Å². The number of benzene rings is 1. The van der Waals surface area contributed by atoms with Gasteiger partial charge in [0, 0.05) is 30.7 Å². The minimum atomic E-state index is 0.243. The summed E-state index contributed by atoms with van der Waals surface area (Å²) in [5, 5.41) is 3.68. The summed E-state index contributed by atoms with van der Waals surface area (Å²) < 4.78 is 0. The Morgan fingerprint density at radius 2 is 2.00 bits per heavy atom. The molecule has 0 aliphatic carbocycles. The van der Waals surface area contributed by atoms with Crippen molar-refractivity contribution in [3.63, 3.8) is 0 Å². The molecule has 2 rings (SSSR count). The molecular weight excluding hydrogens is 244 g/mol. The van der Waals surface area contributed by atoms with Crippen molar-refractivity contribution >= 4 is 0 Å². The lowest BCUT2D eigenvalue weighted by Gasteiger charge is -2.47. The molecule has 0 spiro atoms. The van der Waals surface area contributed by atoms with Crippen LogP contribution in [0, 0.1) is 0 Å². The maximum absolute atomic E-state index is 3.68. The molecule has 2 heteroatoms. The molecule has 0 aromatic heterocycles. The first-order valence-corrected chi connectivity index (χ1v) is 8.06. The lowest BCUT2D eigenvalue weighted by Crippen LogP contribution is -2.63. The Balaban J connectivity index is 1.93. The van der Waals surface area contributed by atoms with Gasteiger partial charge in [0.25, 0.3) is 0 Å². The number of hydrogen-bond donors (Lipinski definition) is 1. The third kappa shape index (κ3) is 4.07. The van der Waals surface area contributed by atoms with E-state index >= 15 is 0 Å². The summed E-state index contributed by atoms with van der Waals surface area (Å²) in [5.41, 5.74) is 1.70. The van der Waals surface area contributed by atoms with Crippen LogP contribution in [0.5, 0.6) is 0 Å². The van der Waals surface area contributed by atoms with Crippen molar-refractivity contribution in [2.45, 2.75) is 64.6 Å². The summed E-state index contributed by atoms with van der Waals surface area (Å²) in [5.74, 6) is 0. The largest absolute Gasteiger partial charge is 0.309 e. The van der Waals surface area contributed by atoms with E-state index in [9.17, 15) is 0 Å². The molecule has 0 amide bonds. The number of nitrogens with one attached hydrogen (secondary N) is 1. The van der Waals surface area contributed by atoms with E-state index in [1.807, 2.05) is 0 Å². The molecule has 2 atom stereocenters. The molecule has 2 nitrogen and oxygen atoms in total. The lowest BCUT2D eigenvalue weighted by atomic mass is 9.94. The lowest BCUT2D eigenvalue weighted by molar-refractivity contribution is 0.0552. The van der Waals surface area contributed by atoms with E-state index in [0.29, 0.717) is 12.1 Å². The van der Waals surface area contributed by atoms with Gasteiger partial charge in [-0.05, 0) is 45.6 Å².